The van der Waals surface area contributed by atoms with Gasteiger partial charge in [0, 0.05) is 12.1 Å². The number of nitrogens with zero attached hydrogens (tertiary/aromatic N) is 3. The molecule has 0 saturated carbocycles. The van der Waals surface area contributed by atoms with Gasteiger partial charge in [-0.25, -0.2) is 9.97 Å². The minimum absolute atomic E-state index is 0.444. The fourth-order valence-electron chi connectivity index (χ4n) is 5.44. The number of halogens is 1. The van der Waals surface area contributed by atoms with Gasteiger partial charge in [-0.05, 0) is 35.2 Å². The van der Waals surface area contributed by atoms with E-state index in [4.69, 9.17) is 25.7 Å². The number of para-hydroxylation sites is 1. The highest BCUT2D eigenvalue weighted by Crippen LogP contribution is 2.45. The van der Waals surface area contributed by atoms with E-state index in [1.807, 2.05) is 35.6 Å². The number of hydrogen-bond donors (Lipinski definition) is 1. The summed E-state index contributed by atoms with van der Waals surface area (Å²) in [5.74, 6) is 2.13. The average Bonchev–Trinajstić information content (AvgIpc) is 3.29. The maximum Gasteiger partial charge on any atom is 0.258 e. The zero-order chi connectivity index (χ0) is 25.5. The monoisotopic (exact) mass is 510 g/mol. The minimum Gasteiger partial charge on any atom is -0.540 e. The van der Waals surface area contributed by atoms with Crippen molar-refractivity contribution in [1.82, 2.24) is 14.4 Å². The lowest BCUT2D eigenvalue weighted by Gasteiger charge is -2.42. The molecule has 0 atom stereocenters. The molecule has 0 aliphatic carbocycles. The maximum atomic E-state index is 7.02. The van der Waals surface area contributed by atoms with Crippen molar-refractivity contribution >= 4 is 48.0 Å². The molecule has 6 nitrogen and oxygen atoms in total. The normalized spacial score (nSPS) is 12.3. The first-order valence-corrected chi connectivity index (χ1v) is 14.7. The van der Waals surface area contributed by atoms with Crippen molar-refractivity contribution < 1.29 is 9.16 Å². The lowest BCUT2D eigenvalue weighted by Crippen LogP contribution is -2.50. The molecule has 0 fully saturated rings. The number of benzene rings is 2. The van der Waals surface area contributed by atoms with Crippen molar-refractivity contribution in [2.45, 2.75) is 65.1 Å². The summed E-state index contributed by atoms with van der Waals surface area (Å²) in [7, 11) is -0.502. The van der Waals surface area contributed by atoms with Crippen molar-refractivity contribution in [2.24, 2.45) is 0 Å². The van der Waals surface area contributed by atoms with Crippen molar-refractivity contribution in [1.29, 1.82) is 0 Å². The van der Waals surface area contributed by atoms with Crippen LogP contribution in [0.15, 0.2) is 42.9 Å². The van der Waals surface area contributed by atoms with E-state index in [-0.39, 0.29) is 0 Å². The number of imidazole rings is 1. The Morgan fingerprint density at radius 3 is 2.26 bits per heavy atom. The lowest BCUT2D eigenvalue weighted by atomic mass is 10.2. The number of rotatable bonds is 8. The van der Waals surface area contributed by atoms with Crippen LogP contribution in [0.2, 0.25) is 21.6 Å². The van der Waals surface area contributed by atoms with Gasteiger partial charge in [0.15, 0.2) is 11.6 Å². The molecular formula is C27H35ClN4O2Si. The first-order chi connectivity index (χ1) is 16.6. The van der Waals surface area contributed by atoms with Crippen LogP contribution in [-0.2, 0) is 0 Å². The van der Waals surface area contributed by atoms with Crippen LogP contribution in [0, 0.1) is 6.92 Å². The van der Waals surface area contributed by atoms with Crippen LogP contribution < -0.4 is 14.5 Å². The summed E-state index contributed by atoms with van der Waals surface area (Å²) in [5.41, 5.74) is 5.74. The highest BCUT2D eigenvalue weighted by atomic mass is 35.5. The van der Waals surface area contributed by atoms with E-state index in [0.717, 1.165) is 33.6 Å². The van der Waals surface area contributed by atoms with Gasteiger partial charge in [0.25, 0.3) is 8.32 Å². The van der Waals surface area contributed by atoms with Crippen molar-refractivity contribution in [2.75, 3.05) is 12.4 Å². The molecule has 0 aliphatic rings. The zero-order valence-corrected chi connectivity index (χ0v) is 23.6. The molecule has 0 amide bonds. The number of anilines is 2. The third-order valence-corrected chi connectivity index (χ3v) is 13.4. The molecule has 35 heavy (non-hydrogen) atoms. The summed E-state index contributed by atoms with van der Waals surface area (Å²) in [4.78, 5) is 9.37. The fourth-order valence-corrected chi connectivity index (χ4v) is 11.0. The Kier molecular flexibility index (Phi) is 7.02. The highest BCUT2D eigenvalue weighted by Gasteiger charge is 2.47. The van der Waals surface area contributed by atoms with Gasteiger partial charge in [-0.1, -0.05) is 65.3 Å². The molecule has 186 valence electrons. The van der Waals surface area contributed by atoms with Gasteiger partial charge in [0.05, 0.1) is 41.4 Å². The molecule has 1 N–H and O–H groups in total. The summed E-state index contributed by atoms with van der Waals surface area (Å²) in [5, 5.41) is 4.07. The third-order valence-electron chi connectivity index (χ3n) is 7.09. The predicted octanol–water partition coefficient (Wildman–Crippen LogP) is 8.15. The number of methoxy groups -OCH3 is 1. The molecule has 0 unspecified atom stereocenters. The smallest absolute Gasteiger partial charge is 0.258 e. The summed E-state index contributed by atoms with van der Waals surface area (Å²) in [6, 6.07) is 9.83. The Bertz CT molecular complexity index is 1320. The van der Waals surface area contributed by atoms with E-state index in [9.17, 15) is 0 Å². The summed E-state index contributed by atoms with van der Waals surface area (Å²) >= 11 is 6.48. The summed E-state index contributed by atoms with van der Waals surface area (Å²) < 4.78 is 14.9. The standard InChI is InChI=1S/C27H35ClN4O2Si/c1-16(2)35(17(3)4,18(5)6)34-25-13-22-21(12-24(25)33-8)30-27(23-14-29-15-32(22)23)31-26-19(7)10-9-11-20(26)28/h9-18H,1-8H3,(H,30,31). The van der Waals surface area contributed by atoms with Crippen LogP contribution in [-0.4, -0.2) is 29.8 Å². The third kappa shape index (κ3) is 4.36. The van der Waals surface area contributed by atoms with Crippen LogP contribution in [0.5, 0.6) is 11.5 Å². The molecule has 8 heteroatoms. The molecule has 2 aromatic carbocycles. The molecule has 2 heterocycles. The van der Waals surface area contributed by atoms with E-state index < -0.39 is 8.32 Å². The first kappa shape index (κ1) is 25.3. The van der Waals surface area contributed by atoms with Crippen LogP contribution >= 0.6 is 11.6 Å². The molecule has 0 bridgehead atoms. The Hall–Kier alpha value is -2.77. The summed E-state index contributed by atoms with van der Waals surface area (Å²) in [6.45, 7) is 15.7. The molecule has 0 aliphatic heterocycles. The fraction of sp³-hybridized carbons (Fsp3) is 0.407. The van der Waals surface area contributed by atoms with Gasteiger partial charge < -0.3 is 14.5 Å². The van der Waals surface area contributed by atoms with Gasteiger partial charge in [0.2, 0.25) is 0 Å². The second-order valence-electron chi connectivity index (χ2n) is 10.1. The SMILES string of the molecule is COc1cc2nc(Nc3c(C)cccc3Cl)c3cncn3c2cc1O[Si](C(C)C)(C(C)C)C(C)C. The quantitative estimate of drug-likeness (QED) is 0.242. The van der Waals surface area contributed by atoms with Crippen molar-refractivity contribution in [3.05, 3.63) is 53.4 Å². The lowest BCUT2D eigenvalue weighted by molar-refractivity contribution is 0.383. The number of aryl methyl sites for hydroxylation is 1. The van der Waals surface area contributed by atoms with E-state index in [1.165, 1.54) is 0 Å². The first-order valence-electron chi connectivity index (χ1n) is 12.1. The predicted molar refractivity (Wildman–Crippen MR) is 148 cm³/mol. The van der Waals surface area contributed by atoms with Gasteiger partial charge in [-0.2, -0.15) is 0 Å². The molecular weight excluding hydrogens is 476 g/mol. The molecule has 4 aromatic rings. The maximum absolute atomic E-state index is 7.02. The van der Waals surface area contributed by atoms with Crippen molar-refractivity contribution in [3.8, 4) is 11.5 Å². The number of nitrogens with one attached hydrogen (secondary N) is 1. The molecule has 2 aromatic heterocycles. The second-order valence-corrected chi connectivity index (χ2v) is 15.9. The molecule has 0 spiro atoms. The Morgan fingerprint density at radius 2 is 1.66 bits per heavy atom. The number of ether oxygens (including phenoxy) is 1. The van der Waals surface area contributed by atoms with E-state index in [1.54, 1.807) is 19.6 Å². The Balaban J connectivity index is 1.90. The molecule has 4 rings (SSSR count). The van der Waals surface area contributed by atoms with E-state index >= 15 is 0 Å². The second kappa shape index (κ2) is 9.70. The van der Waals surface area contributed by atoms with E-state index in [0.29, 0.717) is 33.2 Å². The van der Waals surface area contributed by atoms with Crippen LogP contribution in [0.25, 0.3) is 16.6 Å². The number of hydrogen-bond acceptors (Lipinski definition) is 5. The Morgan fingerprint density at radius 1 is 0.971 bits per heavy atom. The minimum atomic E-state index is -2.18. The molecule has 0 radical (unpaired) electrons. The largest absolute Gasteiger partial charge is 0.540 e. The van der Waals surface area contributed by atoms with E-state index in [2.05, 4.69) is 57.9 Å². The number of aromatic nitrogens is 3. The van der Waals surface area contributed by atoms with Gasteiger partial charge >= 0.3 is 0 Å². The Labute approximate surface area is 213 Å². The van der Waals surface area contributed by atoms with Gasteiger partial charge in [0.1, 0.15) is 11.3 Å². The zero-order valence-electron chi connectivity index (χ0n) is 21.8. The topological polar surface area (TPSA) is 60.7 Å². The van der Waals surface area contributed by atoms with Crippen molar-refractivity contribution in [3.63, 3.8) is 0 Å². The number of fused-ring (bicyclic) bond motifs is 3. The van der Waals surface area contributed by atoms with Crippen LogP contribution in [0.4, 0.5) is 11.5 Å². The highest BCUT2D eigenvalue weighted by molar-refractivity contribution is 6.78. The van der Waals surface area contributed by atoms with Crippen LogP contribution in [0.3, 0.4) is 0 Å². The van der Waals surface area contributed by atoms with Gasteiger partial charge in [-0.3, -0.25) is 4.40 Å². The molecule has 0 saturated heterocycles. The van der Waals surface area contributed by atoms with Crippen LogP contribution in [0.1, 0.15) is 47.1 Å². The average molecular weight is 511 g/mol. The summed E-state index contributed by atoms with van der Waals surface area (Å²) in [6.07, 6.45) is 3.61. The van der Waals surface area contributed by atoms with Gasteiger partial charge in [-0.15, -0.1) is 0 Å².